The lowest BCUT2D eigenvalue weighted by molar-refractivity contribution is -0.116. The SMILES string of the molecule is Cc1ccc(Oc2cc3c(cc2Br)C(N)C(=O)N3)c(C)c1. The largest absolute Gasteiger partial charge is 0.456 e. The zero-order chi connectivity index (χ0) is 15.1. The molecule has 1 aliphatic heterocycles. The van der Waals surface area contributed by atoms with Crippen molar-refractivity contribution in [3.8, 4) is 11.5 Å². The van der Waals surface area contributed by atoms with Gasteiger partial charge in [0.25, 0.3) is 0 Å². The summed E-state index contributed by atoms with van der Waals surface area (Å²) in [4.78, 5) is 11.6. The van der Waals surface area contributed by atoms with E-state index in [-0.39, 0.29) is 5.91 Å². The Morgan fingerprint density at radius 2 is 1.95 bits per heavy atom. The maximum absolute atomic E-state index is 11.6. The molecule has 0 saturated heterocycles. The lowest BCUT2D eigenvalue weighted by atomic mass is 10.1. The summed E-state index contributed by atoms with van der Waals surface area (Å²) in [6, 6.07) is 9.01. The number of hydrogen-bond donors (Lipinski definition) is 2. The van der Waals surface area contributed by atoms with Crippen molar-refractivity contribution in [2.45, 2.75) is 19.9 Å². The molecular weight excluding hydrogens is 332 g/mol. The van der Waals surface area contributed by atoms with Crippen molar-refractivity contribution in [1.82, 2.24) is 0 Å². The minimum atomic E-state index is -0.619. The van der Waals surface area contributed by atoms with Crippen LogP contribution >= 0.6 is 15.9 Å². The maximum atomic E-state index is 11.6. The normalized spacial score (nSPS) is 16.6. The zero-order valence-electron chi connectivity index (χ0n) is 11.7. The third-order valence-electron chi connectivity index (χ3n) is 3.53. The van der Waals surface area contributed by atoms with Crippen LogP contribution in [0.25, 0.3) is 0 Å². The summed E-state index contributed by atoms with van der Waals surface area (Å²) in [5, 5.41) is 2.76. The lowest BCUT2D eigenvalue weighted by Crippen LogP contribution is -2.19. The Hall–Kier alpha value is -1.85. The summed E-state index contributed by atoms with van der Waals surface area (Å²) in [6.45, 7) is 4.04. The molecule has 1 unspecified atom stereocenters. The highest BCUT2D eigenvalue weighted by Gasteiger charge is 2.28. The van der Waals surface area contributed by atoms with Crippen LogP contribution in [0.2, 0.25) is 0 Å². The van der Waals surface area contributed by atoms with Crippen LogP contribution in [0.3, 0.4) is 0 Å². The van der Waals surface area contributed by atoms with Crippen LogP contribution < -0.4 is 15.8 Å². The highest BCUT2D eigenvalue weighted by molar-refractivity contribution is 9.10. The molecule has 2 aromatic rings. The van der Waals surface area contributed by atoms with E-state index in [1.807, 2.05) is 32.0 Å². The van der Waals surface area contributed by atoms with Crippen molar-refractivity contribution in [1.29, 1.82) is 0 Å². The number of benzene rings is 2. The highest BCUT2D eigenvalue weighted by Crippen LogP contribution is 2.40. The van der Waals surface area contributed by atoms with E-state index in [9.17, 15) is 4.79 Å². The minimum Gasteiger partial charge on any atom is -0.456 e. The molecule has 5 heteroatoms. The fourth-order valence-corrected chi connectivity index (χ4v) is 2.84. The van der Waals surface area contributed by atoms with E-state index >= 15 is 0 Å². The maximum Gasteiger partial charge on any atom is 0.245 e. The van der Waals surface area contributed by atoms with Crippen LogP contribution in [-0.4, -0.2) is 5.91 Å². The quantitative estimate of drug-likeness (QED) is 0.868. The number of nitrogens with one attached hydrogen (secondary N) is 1. The van der Waals surface area contributed by atoms with Crippen LogP contribution in [0.5, 0.6) is 11.5 Å². The summed E-state index contributed by atoms with van der Waals surface area (Å²) in [7, 11) is 0. The monoisotopic (exact) mass is 346 g/mol. The molecule has 0 fully saturated rings. The van der Waals surface area contributed by atoms with E-state index in [0.717, 1.165) is 21.3 Å². The first-order chi connectivity index (χ1) is 9.95. The Morgan fingerprint density at radius 3 is 2.67 bits per heavy atom. The molecule has 0 saturated carbocycles. The van der Waals surface area contributed by atoms with Crippen molar-refractivity contribution >= 4 is 27.5 Å². The summed E-state index contributed by atoms with van der Waals surface area (Å²) in [5.41, 5.74) is 9.55. The third-order valence-corrected chi connectivity index (χ3v) is 4.15. The average Bonchev–Trinajstić information content (AvgIpc) is 2.69. The molecule has 1 amide bonds. The van der Waals surface area contributed by atoms with Crippen LogP contribution in [0.1, 0.15) is 22.7 Å². The molecule has 3 rings (SSSR count). The number of halogens is 1. The first kappa shape index (κ1) is 14.1. The number of amides is 1. The van der Waals surface area contributed by atoms with Gasteiger partial charge in [-0.1, -0.05) is 17.7 Å². The van der Waals surface area contributed by atoms with Crippen LogP contribution in [-0.2, 0) is 4.79 Å². The van der Waals surface area contributed by atoms with Gasteiger partial charge in [-0.2, -0.15) is 0 Å². The molecule has 1 aliphatic rings. The highest BCUT2D eigenvalue weighted by atomic mass is 79.9. The summed E-state index contributed by atoms with van der Waals surface area (Å²) in [6.07, 6.45) is 0. The smallest absolute Gasteiger partial charge is 0.245 e. The molecule has 2 aromatic carbocycles. The zero-order valence-corrected chi connectivity index (χ0v) is 13.3. The van der Waals surface area contributed by atoms with Gasteiger partial charge in [-0.15, -0.1) is 0 Å². The minimum absolute atomic E-state index is 0.194. The standard InChI is InChI=1S/C16H15BrN2O2/c1-8-3-4-13(9(2)5-8)21-14-7-12-10(6-11(14)17)15(18)16(20)19-12/h3-7,15H,18H2,1-2H3,(H,19,20). The van der Waals surface area contributed by atoms with E-state index in [1.54, 1.807) is 6.07 Å². The Labute approximate surface area is 131 Å². The number of anilines is 1. The summed E-state index contributed by atoms with van der Waals surface area (Å²) < 4.78 is 6.72. The number of fused-ring (bicyclic) bond motifs is 1. The van der Waals surface area contributed by atoms with Gasteiger partial charge < -0.3 is 15.8 Å². The number of aryl methyl sites for hydroxylation is 2. The second-order valence-corrected chi connectivity index (χ2v) is 6.06. The van der Waals surface area contributed by atoms with Crippen molar-refractivity contribution in [3.05, 3.63) is 51.5 Å². The predicted octanol–water partition coefficient (Wildman–Crippen LogP) is 3.81. The van der Waals surface area contributed by atoms with Gasteiger partial charge in [-0.3, -0.25) is 4.79 Å². The number of hydrogen-bond acceptors (Lipinski definition) is 3. The Balaban J connectivity index is 1.97. The average molecular weight is 347 g/mol. The van der Waals surface area contributed by atoms with E-state index in [4.69, 9.17) is 10.5 Å². The molecule has 0 radical (unpaired) electrons. The number of ether oxygens (including phenoxy) is 1. The topological polar surface area (TPSA) is 64.3 Å². The number of carbonyl (C=O) groups is 1. The predicted molar refractivity (Wildman–Crippen MR) is 85.7 cm³/mol. The third kappa shape index (κ3) is 2.54. The Bertz CT molecular complexity index is 743. The van der Waals surface area contributed by atoms with Gasteiger partial charge in [0.2, 0.25) is 5.91 Å². The first-order valence-electron chi connectivity index (χ1n) is 6.60. The number of nitrogens with two attached hydrogens (primary N) is 1. The molecule has 0 aliphatic carbocycles. The van der Waals surface area contributed by atoms with E-state index in [2.05, 4.69) is 27.3 Å². The van der Waals surface area contributed by atoms with E-state index < -0.39 is 6.04 Å². The van der Waals surface area contributed by atoms with Gasteiger partial charge in [-0.05, 0) is 47.5 Å². The molecule has 1 atom stereocenters. The van der Waals surface area contributed by atoms with Crippen molar-refractivity contribution < 1.29 is 9.53 Å². The number of carbonyl (C=O) groups excluding carboxylic acids is 1. The second kappa shape index (κ2) is 5.16. The molecule has 108 valence electrons. The molecule has 0 aromatic heterocycles. The fraction of sp³-hybridized carbons (Fsp3) is 0.188. The van der Waals surface area contributed by atoms with Crippen molar-refractivity contribution in [2.24, 2.45) is 5.73 Å². The molecule has 1 heterocycles. The molecular formula is C16H15BrN2O2. The summed E-state index contributed by atoms with van der Waals surface area (Å²) >= 11 is 3.47. The number of rotatable bonds is 2. The second-order valence-electron chi connectivity index (χ2n) is 5.21. The van der Waals surface area contributed by atoms with Crippen LogP contribution in [0, 0.1) is 13.8 Å². The van der Waals surface area contributed by atoms with E-state index in [1.165, 1.54) is 5.56 Å². The first-order valence-corrected chi connectivity index (χ1v) is 7.40. The summed E-state index contributed by atoms with van der Waals surface area (Å²) in [5.74, 6) is 1.24. The molecule has 21 heavy (non-hydrogen) atoms. The lowest BCUT2D eigenvalue weighted by Gasteiger charge is -2.12. The Kier molecular flexibility index (Phi) is 3.47. The van der Waals surface area contributed by atoms with Gasteiger partial charge in [0.05, 0.1) is 4.47 Å². The Morgan fingerprint density at radius 1 is 1.19 bits per heavy atom. The van der Waals surface area contributed by atoms with Crippen molar-refractivity contribution in [2.75, 3.05) is 5.32 Å². The van der Waals surface area contributed by atoms with Gasteiger partial charge in [-0.25, -0.2) is 0 Å². The molecule has 3 N–H and O–H groups in total. The van der Waals surface area contributed by atoms with Crippen LogP contribution in [0.15, 0.2) is 34.8 Å². The molecule has 0 bridgehead atoms. The van der Waals surface area contributed by atoms with Gasteiger partial charge >= 0.3 is 0 Å². The van der Waals surface area contributed by atoms with E-state index in [0.29, 0.717) is 11.4 Å². The van der Waals surface area contributed by atoms with Crippen LogP contribution in [0.4, 0.5) is 5.69 Å². The van der Waals surface area contributed by atoms with Gasteiger partial charge in [0.15, 0.2) is 0 Å². The molecule has 0 spiro atoms. The van der Waals surface area contributed by atoms with Crippen molar-refractivity contribution in [3.63, 3.8) is 0 Å². The van der Waals surface area contributed by atoms with Gasteiger partial charge in [0, 0.05) is 17.3 Å². The molecule has 4 nitrogen and oxygen atoms in total. The fourth-order valence-electron chi connectivity index (χ4n) is 2.40. The van der Waals surface area contributed by atoms with Gasteiger partial charge in [0.1, 0.15) is 17.5 Å².